The van der Waals surface area contributed by atoms with Crippen molar-refractivity contribution in [3.05, 3.63) is 57.6 Å². The maximum atomic E-state index is 2.38. The zero-order valence-corrected chi connectivity index (χ0v) is 14.3. The van der Waals surface area contributed by atoms with Gasteiger partial charge in [-0.15, -0.1) is 0 Å². The van der Waals surface area contributed by atoms with Gasteiger partial charge in [0.2, 0.25) is 0 Å². The van der Waals surface area contributed by atoms with Crippen LogP contribution in [0.15, 0.2) is 24.3 Å². The molecule has 0 N–H and O–H groups in total. The molecule has 110 valence electrons. The van der Waals surface area contributed by atoms with Gasteiger partial charge >= 0.3 is 0 Å². The SMILES string of the molecule is Cc1cc2cc(C)c3c(C)c(C)cc4cc(C)c(c1C)c2c43. The molecule has 22 heavy (non-hydrogen) atoms. The molecule has 0 saturated carbocycles. The predicted octanol–water partition coefficient (Wildman–Crippen LogP) is 6.43. The van der Waals surface area contributed by atoms with Crippen LogP contribution in [0.4, 0.5) is 0 Å². The van der Waals surface area contributed by atoms with E-state index < -0.39 is 0 Å². The lowest BCUT2D eigenvalue weighted by molar-refractivity contribution is 1.36. The highest BCUT2D eigenvalue weighted by molar-refractivity contribution is 6.26. The molecule has 0 saturated heterocycles. The van der Waals surface area contributed by atoms with Crippen LogP contribution in [0.5, 0.6) is 0 Å². The average Bonchev–Trinajstić information content (AvgIpc) is 2.44. The Morgan fingerprint density at radius 1 is 0.409 bits per heavy atom. The molecule has 0 aliphatic heterocycles. The summed E-state index contributed by atoms with van der Waals surface area (Å²) in [6, 6.07) is 9.47. The normalized spacial score (nSPS) is 12.1. The Balaban J connectivity index is 2.49. The summed E-state index contributed by atoms with van der Waals surface area (Å²) < 4.78 is 0. The standard InChI is InChI=1S/C22H22/c1-11-7-17-9-14(4)20-16(6)12(2)8-18-10-13(3)19(15(11)5)21(17)22(18)20/h7-10H,1-6H3. The molecule has 0 aliphatic rings. The van der Waals surface area contributed by atoms with E-state index in [1.165, 1.54) is 65.7 Å². The first-order chi connectivity index (χ1) is 10.4. The lowest BCUT2D eigenvalue weighted by Crippen LogP contribution is -1.96. The summed E-state index contributed by atoms with van der Waals surface area (Å²) in [5, 5.41) is 8.61. The van der Waals surface area contributed by atoms with Gasteiger partial charge in [-0.1, -0.05) is 24.3 Å². The van der Waals surface area contributed by atoms with E-state index in [1.807, 2.05) is 0 Å². The van der Waals surface area contributed by atoms with Crippen LogP contribution in [0.1, 0.15) is 33.4 Å². The van der Waals surface area contributed by atoms with Crippen LogP contribution in [-0.4, -0.2) is 0 Å². The molecule has 0 fully saturated rings. The molecule has 0 spiro atoms. The van der Waals surface area contributed by atoms with Crippen LogP contribution >= 0.6 is 0 Å². The van der Waals surface area contributed by atoms with E-state index in [2.05, 4.69) is 65.8 Å². The van der Waals surface area contributed by atoms with Crippen molar-refractivity contribution in [2.75, 3.05) is 0 Å². The van der Waals surface area contributed by atoms with Gasteiger partial charge in [0.25, 0.3) is 0 Å². The third-order valence-corrected chi connectivity index (χ3v) is 5.54. The van der Waals surface area contributed by atoms with Gasteiger partial charge in [-0.2, -0.15) is 0 Å². The van der Waals surface area contributed by atoms with E-state index in [1.54, 1.807) is 0 Å². The smallest absolute Gasteiger partial charge is 0.00210 e. The average molecular weight is 286 g/mol. The van der Waals surface area contributed by atoms with Gasteiger partial charge in [0.05, 0.1) is 0 Å². The molecule has 4 aromatic carbocycles. The van der Waals surface area contributed by atoms with Crippen molar-refractivity contribution in [3.8, 4) is 0 Å². The molecule has 0 radical (unpaired) electrons. The van der Waals surface area contributed by atoms with Gasteiger partial charge in [0.1, 0.15) is 0 Å². The fourth-order valence-electron chi connectivity index (χ4n) is 4.25. The fourth-order valence-corrected chi connectivity index (χ4v) is 4.25. The van der Waals surface area contributed by atoms with Crippen molar-refractivity contribution in [2.24, 2.45) is 0 Å². The third-order valence-electron chi connectivity index (χ3n) is 5.54. The van der Waals surface area contributed by atoms with Gasteiger partial charge in [0.15, 0.2) is 0 Å². The Morgan fingerprint density at radius 2 is 0.727 bits per heavy atom. The second-order valence-electron chi connectivity index (χ2n) is 6.97. The highest BCUT2D eigenvalue weighted by Crippen LogP contribution is 2.42. The summed E-state index contributed by atoms with van der Waals surface area (Å²) in [5.41, 5.74) is 8.42. The third kappa shape index (κ3) is 1.53. The van der Waals surface area contributed by atoms with E-state index >= 15 is 0 Å². The molecular weight excluding hydrogens is 264 g/mol. The van der Waals surface area contributed by atoms with E-state index in [-0.39, 0.29) is 0 Å². The first-order valence-electron chi connectivity index (χ1n) is 8.06. The van der Waals surface area contributed by atoms with Crippen LogP contribution in [-0.2, 0) is 0 Å². The Hall–Kier alpha value is -2.08. The monoisotopic (exact) mass is 286 g/mol. The maximum absolute atomic E-state index is 2.38. The van der Waals surface area contributed by atoms with E-state index in [4.69, 9.17) is 0 Å². The first kappa shape index (κ1) is 13.6. The number of rotatable bonds is 0. The molecule has 0 atom stereocenters. The van der Waals surface area contributed by atoms with Crippen molar-refractivity contribution in [3.63, 3.8) is 0 Å². The molecule has 0 bridgehead atoms. The topological polar surface area (TPSA) is 0 Å². The lowest BCUT2D eigenvalue weighted by Gasteiger charge is -2.20. The van der Waals surface area contributed by atoms with Crippen molar-refractivity contribution >= 4 is 32.3 Å². The van der Waals surface area contributed by atoms with Crippen molar-refractivity contribution in [1.82, 2.24) is 0 Å². The van der Waals surface area contributed by atoms with Crippen LogP contribution in [0, 0.1) is 41.5 Å². The van der Waals surface area contributed by atoms with Crippen LogP contribution in [0.2, 0.25) is 0 Å². The summed E-state index contributed by atoms with van der Waals surface area (Å²) in [5.74, 6) is 0. The summed E-state index contributed by atoms with van der Waals surface area (Å²) >= 11 is 0. The molecule has 4 rings (SSSR count). The second kappa shape index (κ2) is 4.23. The Labute approximate surface area is 132 Å². The largest absolute Gasteiger partial charge is 0.0511 e. The Morgan fingerprint density at radius 3 is 1.09 bits per heavy atom. The molecular formula is C22H22. The first-order valence-corrected chi connectivity index (χ1v) is 8.06. The molecule has 0 nitrogen and oxygen atoms in total. The zero-order chi connectivity index (χ0) is 15.8. The fraction of sp³-hybridized carbons (Fsp3) is 0.273. The minimum atomic E-state index is 1.39. The summed E-state index contributed by atoms with van der Waals surface area (Å²) in [6.07, 6.45) is 0. The number of hydrogen-bond acceptors (Lipinski definition) is 0. The van der Waals surface area contributed by atoms with Crippen LogP contribution in [0.25, 0.3) is 32.3 Å². The van der Waals surface area contributed by atoms with Crippen molar-refractivity contribution in [1.29, 1.82) is 0 Å². The number of benzene rings is 4. The molecule has 0 heterocycles. The van der Waals surface area contributed by atoms with Gasteiger partial charge in [-0.3, -0.25) is 0 Å². The van der Waals surface area contributed by atoms with Crippen LogP contribution < -0.4 is 0 Å². The number of aryl methyl sites for hydroxylation is 6. The quantitative estimate of drug-likeness (QED) is 0.326. The summed E-state index contributed by atoms with van der Waals surface area (Å²) in [4.78, 5) is 0. The molecule has 4 aromatic rings. The van der Waals surface area contributed by atoms with Gasteiger partial charge < -0.3 is 0 Å². The molecule has 0 aromatic heterocycles. The van der Waals surface area contributed by atoms with Crippen molar-refractivity contribution in [2.45, 2.75) is 41.5 Å². The minimum Gasteiger partial charge on any atom is -0.0511 e. The zero-order valence-electron chi connectivity index (χ0n) is 14.3. The van der Waals surface area contributed by atoms with E-state index in [0.717, 1.165) is 0 Å². The molecule has 0 unspecified atom stereocenters. The van der Waals surface area contributed by atoms with E-state index in [9.17, 15) is 0 Å². The van der Waals surface area contributed by atoms with Gasteiger partial charge in [-0.05, 0) is 107 Å². The van der Waals surface area contributed by atoms with Crippen LogP contribution in [0.3, 0.4) is 0 Å². The van der Waals surface area contributed by atoms with Crippen molar-refractivity contribution < 1.29 is 0 Å². The Kier molecular flexibility index (Phi) is 2.61. The van der Waals surface area contributed by atoms with Gasteiger partial charge in [-0.25, -0.2) is 0 Å². The predicted molar refractivity (Wildman–Crippen MR) is 98.6 cm³/mol. The molecule has 0 heteroatoms. The Bertz CT molecular complexity index is 977. The highest BCUT2D eigenvalue weighted by Gasteiger charge is 2.17. The van der Waals surface area contributed by atoms with Gasteiger partial charge in [0, 0.05) is 0 Å². The molecule has 0 amide bonds. The second-order valence-corrected chi connectivity index (χ2v) is 6.97. The summed E-state index contributed by atoms with van der Waals surface area (Å²) in [6.45, 7) is 13.5. The summed E-state index contributed by atoms with van der Waals surface area (Å²) in [7, 11) is 0. The number of hydrogen-bond donors (Lipinski definition) is 0. The highest BCUT2D eigenvalue weighted by atomic mass is 14.2. The minimum absolute atomic E-state index is 1.39. The lowest BCUT2D eigenvalue weighted by atomic mass is 9.84. The molecule has 0 aliphatic carbocycles. The van der Waals surface area contributed by atoms with E-state index in [0.29, 0.717) is 0 Å². The maximum Gasteiger partial charge on any atom is -0.00210 e.